The first kappa shape index (κ1) is 15.0. The van der Waals surface area contributed by atoms with Gasteiger partial charge in [0.05, 0.1) is 5.69 Å². The monoisotopic (exact) mass is 317 g/mol. The Morgan fingerprint density at radius 3 is 2.17 bits per heavy atom. The standard InChI is InChI=1S/C11H6Cl3N3S/c12-11(13,14)18-17(8-9(6-15)7-16)10-4-2-1-3-5-10/h1-5,8H. The van der Waals surface area contributed by atoms with Gasteiger partial charge in [0.2, 0.25) is 0 Å². The first-order valence-electron chi connectivity index (χ1n) is 4.58. The summed E-state index contributed by atoms with van der Waals surface area (Å²) in [6.07, 6.45) is 1.32. The number of benzene rings is 1. The molecule has 0 saturated heterocycles. The van der Waals surface area contributed by atoms with Crippen molar-refractivity contribution in [1.29, 1.82) is 10.5 Å². The highest BCUT2D eigenvalue weighted by Crippen LogP contribution is 2.43. The molecule has 92 valence electrons. The smallest absolute Gasteiger partial charge is 0.256 e. The summed E-state index contributed by atoms with van der Waals surface area (Å²) in [5.41, 5.74) is 0.609. The Morgan fingerprint density at radius 2 is 1.72 bits per heavy atom. The maximum absolute atomic E-state index is 8.74. The number of rotatable bonds is 3. The summed E-state index contributed by atoms with van der Waals surface area (Å²) in [5, 5.41) is 17.5. The third-order valence-electron chi connectivity index (χ3n) is 1.70. The second kappa shape index (κ2) is 6.78. The van der Waals surface area contributed by atoms with Crippen molar-refractivity contribution in [3.63, 3.8) is 0 Å². The molecule has 0 saturated carbocycles. The summed E-state index contributed by atoms with van der Waals surface area (Å²) in [5.74, 6) is 0. The highest BCUT2D eigenvalue weighted by atomic mass is 35.6. The predicted octanol–water partition coefficient (Wildman–Crippen LogP) is 4.40. The topological polar surface area (TPSA) is 50.8 Å². The fourth-order valence-corrected chi connectivity index (χ4v) is 2.32. The van der Waals surface area contributed by atoms with Crippen molar-refractivity contribution in [2.24, 2.45) is 0 Å². The van der Waals surface area contributed by atoms with E-state index in [1.165, 1.54) is 10.5 Å². The molecule has 0 radical (unpaired) electrons. The molecule has 1 aromatic rings. The van der Waals surface area contributed by atoms with Crippen LogP contribution in [0.5, 0.6) is 0 Å². The van der Waals surface area contributed by atoms with E-state index in [0.717, 1.165) is 11.9 Å². The lowest BCUT2D eigenvalue weighted by Crippen LogP contribution is -2.13. The minimum Gasteiger partial charge on any atom is -0.286 e. The first-order valence-corrected chi connectivity index (χ1v) is 6.49. The van der Waals surface area contributed by atoms with Crippen molar-refractivity contribution in [2.45, 2.75) is 3.12 Å². The van der Waals surface area contributed by atoms with Crippen LogP contribution in [0, 0.1) is 22.7 Å². The molecule has 0 heterocycles. The second-order valence-electron chi connectivity index (χ2n) is 2.96. The minimum atomic E-state index is -1.59. The van der Waals surface area contributed by atoms with Gasteiger partial charge in [0.25, 0.3) is 3.12 Å². The molecule has 1 rings (SSSR count). The van der Waals surface area contributed by atoms with Gasteiger partial charge in [-0.3, -0.25) is 4.31 Å². The zero-order chi connectivity index (χ0) is 13.6. The van der Waals surface area contributed by atoms with Crippen LogP contribution in [-0.2, 0) is 0 Å². The Labute approximate surface area is 124 Å². The van der Waals surface area contributed by atoms with E-state index in [1.54, 1.807) is 36.4 Å². The highest BCUT2D eigenvalue weighted by Gasteiger charge is 2.25. The minimum absolute atomic E-state index is 0.0828. The van der Waals surface area contributed by atoms with E-state index in [9.17, 15) is 0 Å². The van der Waals surface area contributed by atoms with Gasteiger partial charge in [-0.05, 0) is 12.1 Å². The molecule has 7 heteroatoms. The Balaban J connectivity index is 3.09. The number of alkyl halides is 3. The molecule has 0 bridgehead atoms. The van der Waals surface area contributed by atoms with Crippen LogP contribution in [0.1, 0.15) is 0 Å². The molecule has 0 unspecified atom stereocenters. The van der Waals surface area contributed by atoms with Gasteiger partial charge in [0.15, 0.2) is 0 Å². The van der Waals surface area contributed by atoms with Crippen LogP contribution in [0.2, 0.25) is 0 Å². The van der Waals surface area contributed by atoms with Gasteiger partial charge in [-0.1, -0.05) is 53.0 Å². The third-order valence-corrected chi connectivity index (χ3v) is 3.04. The maximum atomic E-state index is 8.74. The SMILES string of the molecule is N#CC(C#N)=CN(SC(Cl)(Cl)Cl)c1ccccc1. The molecule has 0 fully saturated rings. The first-order chi connectivity index (χ1) is 8.46. The van der Waals surface area contributed by atoms with Crippen LogP contribution in [0.4, 0.5) is 5.69 Å². The molecular formula is C11H6Cl3N3S. The van der Waals surface area contributed by atoms with Crippen LogP contribution in [0.3, 0.4) is 0 Å². The Morgan fingerprint density at radius 1 is 1.17 bits per heavy atom. The molecule has 18 heavy (non-hydrogen) atoms. The van der Waals surface area contributed by atoms with Gasteiger partial charge >= 0.3 is 0 Å². The van der Waals surface area contributed by atoms with Gasteiger partial charge in [-0.25, -0.2) is 0 Å². The van der Waals surface area contributed by atoms with Gasteiger partial charge in [0, 0.05) is 18.1 Å². The summed E-state index contributed by atoms with van der Waals surface area (Å²) >= 11 is 18.0. The number of halogens is 3. The summed E-state index contributed by atoms with van der Waals surface area (Å²) in [6.45, 7) is 0. The van der Waals surface area contributed by atoms with E-state index in [1.807, 2.05) is 6.07 Å². The van der Waals surface area contributed by atoms with Crippen molar-refractivity contribution in [2.75, 3.05) is 4.31 Å². The molecule has 0 aromatic heterocycles. The predicted molar refractivity (Wildman–Crippen MR) is 76.1 cm³/mol. The van der Waals surface area contributed by atoms with Crippen LogP contribution in [0.25, 0.3) is 0 Å². The molecule has 0 spiro atoms. The fourth-order valence-electron chi connectivity index (χ4n) is 1.04. The molecular weight excluding hydrogens is 313 g/mol. The average Bonchev–Trinajstić information content (AvgIpc) is 2.34. The summed E-state index contributed by atoms with van der Waals surface area (Å²) < 4.78 is -0.128. The zero-order valence-corrected chi connectivity index (χ0v) is 11.9. The summed E-state index contributed by atoms with van der Waals surface area (Å²) in [6, 6.07) is 12.5. The molecule has 0 N–H and O–H groups in total. The Hall–Kier alpha value is -1.04. The lowest BCUT2D eigenvalue weighted by molar-refractivity contribution is 1.38. The number of anilines is 1. The highest BCUT2D eigenvalue weighted by molar-refractivity contribution is 8.06. The van der Waals surface area contributed by atoms with Crippen LogP contribution in [0.15, 0.2) is 42.1 Å². The van der Waals surface area contributed by atoms with Crippen LogP contribution < -0.4 is 4.31 Å². The van der Waals surface area contributed by atoms with Gasteiger partial charge in [-0.15, -0.1) is 0 Å². The Bertz CT molecular complexity index is 495. The van der Waals surface area contributed by atoms with Gasteiger partial charge < -0.3 is 0 Å². The molecule has 1 aromatic carbocycles. The van der Waals surface area contributed by atoms with Crippen molar-refractivity contribution in [1.82, 2.24) is 0 Å². The van der Waals surface area contributed by atoms with Gasteiger partial charge in [0.1, 0.15) is 17.7 Å². The van der Waals surface area contributed by atoms with E-state index < -0.39 is 3.12 Å². The largest absolute Gasteiger partial charge is 0.286 e. The quantitative estimate of drug-likeness (QED) is 0.471. The van der Waals surface area contributed by atoms with E-state index in [-0.39, 0.29) is 5.57 Å². The van der Waals surface area contributed by atoms with Crippen LogP contribution in [-0.4, -0.2) is 3.12 Å². The number of nitriles is 2. The van der Waals surface area contributed by atoms with Crippen molar-refractivity contribution in [3.05, 3.63) is 42.1 Å². The summed E-state index contributed by atoms with van der Waals surface area (Å²) in [7, 11) is 0. The summed E-state index contributed by atoms with van der Waals surface area (Å²) in [4.78, 5) is 0. The van der Waals surface area contributed by atoms with E-state index in [4.69, 9.17) is 45.3 Å². The normalized spacial score (nSPS) is 10.1. The number of allylic oxidation sites excluding steroid dienone is 1. The zero-order valence-electron chi connectivity index (χ0n) is 8.85. The molecule has 3 nitrogen and oxygen atoms in total. The van der Waals surface area contributed by atoms with E-state index >= 15 is 0 Å². The van der Waals surface area contributed by atoms with Crippen molar-refractivity contribution < 1.29 is 0 Å². The lowest BCUT2D eigenvalue weighted by atomic mass is 10.3. The van der Waals surface area contributed by atoms with Crippen molar-refractivity contribution >= 4 is 52.4 Å². The van der Waals surface area contributed by atoms with Crippen molar-refractivity contribution in [3.8, 4) is 12.1 Å². The number of para-hydroxylation sites is 1. The van der Waals surface area contributed by atoms with Gasteiger partial charge in [-0.2, -0.15) is 10.5 Å². The molecule has 0 aliphatic rings. The molecule has 0 aliphatic heterocycles. The van der Waals surface area contributed by atoms with Crippen LogP contribution >= 0.6 is 46.8 Å². The Kier molecular flexibility index (Phi) is 5.65. The number of hydrogen-bond donors (Lipinski definition) is 0. The molecule has 0 aliphatic carbocycles. The number of hydrogen-bond acceptors (Lipinski definition) is 4. The molecule has 0 atom stereocenters. The average molecular weight is 319 g/mol. The van der Waals surface area contributed by atoms with E-state index in [2.05, 4.69) is 0 Å². The fraction of sp³-hybridized carbons (Fsp3) is 0.0909. The third kappa shape index (κ3) is 5.08. The molecule has 0 amide bonds. The lowest BCUT2D eigenvalue weighted by Gasteiger charge is -2.22. The van der Waals surface area contributed by atoms with E-state index in [0.29, 0.717) is 5.69 Å². The second-order valence-corrected chi connectivity index (χ2v) is 7.11. The number of nitrogens with zero attached hydrogens (tertiary/aromatic N) is 3. The maximum Gasteiger partial charge on any atom is 0.256 e.